The van der Waals surface area contributed by atoms with Crippen molar-refractivity contribution in [3.63, 3.8) is 0 Å². The molecule has 0 unspecified atom stereocenters. The van der Waals surface area contributed by atoms with E-state index in [2.05, 4.69) is 0 Å². The van der Waals surface area contributed by atoms with Crippen LogP contribution in [0.2, 0.25) is 0 Å². The average molecular weight is 397 g/mol. The fourth-order valence-corrected chi connectivity index (χ4v) is 3.92. The number of aryl methyl sites for hydroxylation is 1. The van der Waals surface area contributed by atoms with E-state index < -0.39 is 40.7 Å². The second-order valence-corrected chi connectivity index (χ2v) is 7.08. The second-order valence-electron chi connectivity index (χ2n) is 7.08. The van der Waals surface area contributed by atoms with Gasteiger partial charge in [-0.1, -0.05) is 6.07 Å². The quantitative estimate of drug-likeness (QED) is 0.450. The normalized spacial score (nSPS) is 17.9. The first-order valence-corrected chi connectivity index (χ1v) is 9.03. The van der Waals surface area contributed by atoms with Crippen molar-refractivity contribution in [2.24, 2.45) is 0 Å². The SMILES string of the molecule is C[C@@H]1CCc2cc(F)ccc2N1C(=O)CN1C(=O)c2cccc([N+](=O)[O-])c2C1=O. The van der Waals surface area contributed by atoms with Gasteiger partial charge in [-0.15, -0.1) is 0 Å². The molecule has 0 saturated carbocycles. The number of nitro groups is 1. The smallest absolute Gasteiger partial charge is 0.282 e. The van der Waals surface area contributed by atoms with Gasteiger partial charge in [-0.05, 0) is 49.6 Å². The molecular weight excluding hydrogens is 381 g/mol. The van der Waals surface area contributed by atoms with E-state index in [9.17, 15) is 28.9 Å². The molecule has 0 fully saturated rings. The van der Waals surface area contributed by atoms with E-state index in [0.717, 1.165) is 11.0 Å². The molecule has 2 heterocycles. The lowest BCUT2D eigenvalue weighted by atomic mass is 9.96. The number of nitro benzene ring substituents is 1. The van der Waals surface area contributed by atoms with Gasteiger partial charge in [0.15, 0.2) is 0 Å². The summed E-state index contributed by atoms with van der Waals surface area (Å²) in [5.41, 5.74) is 0.353. The van der Waals surface area contributed by atoms with Gasteiger partial charge in [-0.3, -0.25) is 29.4 Å². The molecule has 2 aromatic carbocycles. The maximum Gasteiger partial charge on any atom is 0.282 e. The highest BCUT2D eigenvalue weighted by Gasteiger charge is 2.43. The number of carbonyl (C=O) groups excluding carboxylic acids is 3. The molecule has 9 heteroatoms. The Morgan fingerprint density at radius 2 is 2.00 bits per heavy atom. The predicted octanol–water partition coefficient (Wildman–Crippen LogP) is 2.70. The van der Waals surface area contributed by atoms with E-state index in [1.165, 1.54) is 35.2 Å². The van der Waals surface area contributed by atoms with Crippen molar-refractivity contribution in [3.05, 3.63) is 69.0 Å². The van der Waals surface area contributed by atoms with E-state index in [1.807, 2.05) is 6.92 Å². The summed E-state index contributed by atoms with van der Waals surface area (Å²) >= 11 is 0. The van der Waals surface area contributed by atoms with Gasteiger partial charge in [-0.2, -0.15) is 0 Å². The minimum absolute atomic E-state index is 0.0915. The van der Waals surface area contributed by atoms with Gasteiger partial charge >= 0.3 is 0 Å². The Morgan fingerprint density at radius 3 is 2.72 bits per heavy atom. The molecule has 1 atom stereocenters. The van der Waals surface area contributed by atoms with E-state index in [1.54, 1.807) is 0 Å². The Kier molecular flexibility index (Phi) is 4.37. The molecule has 0 radical (unpaired) electrons. The zero-order chi connectivity index (χ0) is 20.9. The van der Waals surface area contributed by atoms with Gasteiger partial charge < -0.3 is 4.90 Å². The molecule has 148 valence electrons. The summed E-state index contributed by atoms with van der Waals surface area (Å²) in [7, 11) is 0. The molecule has 2 aromatic rings. The monoisotopic (exact) mass is 397 g/mol. The van der Waals surface area contributed by atoms with Gasteiger partial charge in [-0.25, -0.2) is 4.39 Å². The molecule has 0 bridgehead atoms. The molecular formula is C20H16FN3O5. The van der Waals surface area contributed by atoms with Crippen LogP contribution in [0.1, 0.15) is 39.6 Å². The molecule has 0 aromatic heterocycles. The maximum atomic E-state index is 13.5. The van der Waals surface area contributed by atoms with E-state index in [-0.39, 0.29) is 17.2 Å². The van der Waals surface area contributed by atoms with Crippen molar-refractivity contribution in [3.8, 4) is 0 Å². The summed E-state index contributed by atoms with van der Waals surface area (Å²) in [4.78, 5) is 51.0. The van der Waals surface area contributed by atoms with Crippen LogP contribution in [0, 0.1) is 15.9 Å². The van der Waals surface area contributed by atoms with Gasteiger partial charge in [0.1, 0.15) is 17.9 Å². The van der Waals surface area contributed by atoms with E-state index in [0.29, 0.717) is 24.1 Å². The summed E-state index contributed by atoms with van der Waals surface area (Å²) < 4.78 is 13.5. The van der Waals surface area contributed by atoms with E-state index >= 15 is 0 Å². The molecule has 4 rings (SSSR count). The van der Waals surface area contributed by atoms with Crippen molar-refractivity contribution in [2.75, 3.05) is 11.4 Å². The number of halogens is 1. The number of benzene rings is 2. The average Bonchev–Trinajstić information content (AvgIpc) is 2.92. The number of nitrogens with zero attached hydrogens (tertiary/aromatic N) is 3. The fourth-order valence-electron chi connectivity index (χ4n) is 3.92. The Balaban J connectivity index is 1.65. The zero-order valence-electron chi connectivity index (χ0n) is 15.4. The van der Waals surface area contributed by atoms with Crippen molar-refractivity contribution in [1.82, 2.24) is 4.90 Å². The molecule has 29 heavy (non-hydrogen) atoms. The Hall–Kier alpha value is -3.62. The predicted molar refractivity (Wildman–Crippen MR) is 100 cm³/mol. The number of rotatable bonds is 3. The minimum atomic E-state index is -0.866. The molecule has 0 aliphatic carbocycles. The second kappa shape index (κ2) is 6.77. The van der Waals surface area contributed by atoms with Crippen LogP contribution in [0.25, 0.3) is 0 Å². The lowest BCUT2D eigenvalue weighted by Gasteiger charge is -2.36. The maximum absolute atomic E-state index is 13.5. The molecule has 0 spiro atoms. The molecule has 2 aliphatic heterocycles. The number of anilines is 1. The van der Waals surface area contributed by atoms with Crippen LogP contribution in [0.5, 0.6) is 0 Å². The van der Waals surface area contributed by atoms with Crippen LogP contribution >= 0.6 is 0 Å². The minimum Gasteiger partial charge on any atom is -0.308 e. The van der Waals surface area contributed by atoms with Crippen LogP contribution in [-0.4, -0.2) is 40.1 Å². The van der Waals surface area contributed by atoms with Gasteiger partial charge in [0.25, 0.3) is 17.5 Å². The van der Waals surface area contributed by atoms with Crippen LogP contribution in [0.15, 0.2) is 36.4 Å². The number of hydrogen-bond acceptors (Lipinski definition) is 5. The molecule has 8 nitrogen and oxygen atoms in total. The van der Waals surface area contributed by atoms with Crippen molar-refractivity contribution >= 4 is 29.1 Å². The third-order valence-electron chi connectivity index (χ3n) is 5.31. The number of hydrogen-bond donors (Lipinski definition) is 0. The zero-order valence-corrected chi connectivity index (χ0v) is 15.4. The van der Waals surface area contributed by atoms with Crippen molar-refractivity contribution < 1.29 is 23.7 Å². The highest BCUT2D eigenvalue weighted by Crippen LogP contribution is 2.33. The van der Waals surface area contributed by atoms with Gasteiger partial charge in [0.05, 0.1) is 10.5 Å². The third-order valence-corrected chi connectivity index (χ3v) is 5.31. The highest BCUT2D eigenvalue weighted by molar-refractivity contribution is 6.24. The standard InChI is InChI=1S/C20H16FN3O5/c1-11-5-6-12-9-13(21)7-8-15(12)23(11)17(25)10-22-19(26)14-3-2-4-16(24(28)29)18(14)20(22)27/h2-4,7-9,11H,5-6,10H2,1H3/t11-/m1/s1. The lowest BCUT2D eigenvalue weighted by Crippen LogP contribution is -2.48. The summed E-state index contributed by atoms with van der Waals surface area (Å²) in [5.74, 6) is -2.53. The summed E-state index contributed by atoms with van der Waals surface area (Å²) in [6.45, 7) is 1.28. The fraction of sp³-hybridized carbons (Fsp3) is 0.250. The van der Waals surface area contributed by atoms with Gasteiger partial charge in [0.2, 0.25) is 5.91 Å². The molecule has 0 saturated heterocycles. The first kappa shape index (κ1) is 18.7. The van der Waals surface area contributed by atoms with E-state index in [4.69, 9.17) is 0 Å². The lowest BCUT2D eigenvalue weighted by molar-refractivity contribution is -0.385. The number of fused-ring (bicyclic) bond motifs is 2. The Morgan fingerprint density at radius 1 is 1.24 bits per heavy atom. The van der Waals surface area contributed by atoms with Crippen LogP contribution in [0.3, 0.4) is 0 Å². The number of amides is 3. The van der Waals surface area contributed by atoms with Crippen LogP contribution in [0.4, 0.5) is 15.8 Å². The molecule has 0 N–H and O–H groups in total. The number of imide groups is 1. The van der Waals surface area contributed by atoms with Crippen molar-refractivity contribution in [1.29, 1.82) is 0 Å². The first-order valence-electron chi connectivity index (χ1n) is 9.03. The van der Waals surface area contributed by atoms with Gasteiger partial charge in [0, 0.05) is 17.8 Å². The highest BCUT2D eigenvalue weighted by atomic mass is 19.1. The Bertz CT molecular complexity index is 1080. The first-order chi connectivity index (χ1) is 13.8. The number of carbonyl (C=O) groups is 3. The summed E-state index contributed by atoms with van der Waals surface area (Å²) in [6.07, 6.45) is 1.22. The van der Waals surface area contributed by atoms with Crippen LogP contribution < -0.4 is 4.90 Å². The van der Waals surface area contributed by atoms with Crippen molar-refractivity contribution in [2.45, 2.75) is 25.8 Å². The Labute approximate surface area is 164 Å². The molecule has 3 amide bonds. The summed E-state index contributed by atoms with van der Waals surface area (Å²) in [5, 5.41) is 11.2. The largest absolute Gasteiger partial charge is 0.308 e. The van der Waals surface area contributed by atoms with Crippen LogP contribution in [-0.2, 0) is 11.2 Å². The topological polar surface area (TPSA) is 101 Å². The third kappa shape index (κ3) is 2.95. The molecule has 2 aliphatic rings. The summed E-state index contributed by atoms with van der Waals surface area (Å²) in [6, 6.07) is 7.72.